The van der Waals surface area contributed by atoms with Crippen LogP contribution in [0.3, 0.4) is 0 Å². The number of benzene rings is 1. The molecular weight excluding hydrogens is 394 g/mol. The number of amides is 1. The molecule has 154 valence electrons. The number of rotatable bonds is 4. The van der Waals surface area contributed by atoms with Crippen molar-refractivity contribution in [2.75, 3.05) is 62.3 Å². The molecule has 0 radical (unpaired) electrons. The van der Waals surface area contributed by atoms with Crippen LogP contribution in [-0.4, -0.2) is 73.1 Å². The van der Waals surface area contributed by atoms with Gasteiger partial charge in [-0.25, -0.2) is 4.68 Å². The number of aromatic nitrogens is 2. The van der Waals surface area contributed by atoms with Gasteiger partial charge in [-0.3, -0.25) is 9.59 Å². The van der Waals surface area contributed by atoms with Crippen LogP contribution in [0.4, 0.5) is 11.5 Å². The number of hydrogen-bond acceptors (Lipinski definition) is 6. The van der Waals surface area contributed by atoms with E-state index >= 15 is 0 Å². The van der Waals surface area contributed by atoms with Crippen molar-refractivity contribution in [2.45, 2.75) is 6.54 Å². The fraction of sp³-hybridized carbons (Fsp3) is 0.450. The molecule has 3 heterocycles. The van der Waals surface area contributed by atoms with Gasteiger partial charge in [-0.15, -0.1) is 0 Å². The number of anilines is 2. The Morgan fingerprint density at radius 3 is 2.48 bits per heavy atom. The third-order valence-electron chi connectivity index (χ3n) is 5.28. The molecule has 8 nitrogen and oxygen atoms in total. The largest absolute Gasteiger partial charge is 0.378 e. The number of hydrogen-bond donors (Lipinski definition) is 0. The minimum absolute atomic E-state index is 0.0474. The van der Waals surface area contributed by atoms with Crippen LogP contribution in [0.1, 0.15) is 0 Å². The molecule has 0 spiro atoms. The van der Waals surface area contributed by atoms with Crippen LogP contribution in [0.2, 0.25) is 5.02 Å². The van der Waals surface area contributed by atoms with Gasteiger partial charge in [-0.1, -0.05) is 17.7 Å². The standard InChI is InChI=1S/C20H24ClN5O3/c21-16-2-1-3-17(14-16)23-6-8-25(9-7-23)20(28)15-26-19(27)5-4-18(22-26)24-10-12-29-13-11-24/h1-5,14H,6-13,15H2. The Bertz CT molecular complexity index is 920. The van der Waals surface area contributed by atoms with Crippen LogP contribution in [0.15, 0.2) is 41.2 Å². The Kier molecular flexibility index (Phi) is 6.01. The summed E-state index contributed by atoms with van der Waals surface area (Å²) in [6.07, 6.45) is 0. The van der Waals surface area contributed by atoms with Gasteiger partial charge in [0.1, 0.15) is 12.4 Å². The lowest BCUT2D eigenvalue weighted by Gasteiger charge is -2.36. The third kappa shape index (κ3) is 4.71. The molecule has 2 saturated heterocycles. The number of halogens is 1. The summed E-state index contributed by atoms with van der Waals surface area (Å²) >= 11 is 6.08. The first kappa shape index (κ1) is 19.7. The first-order valence-electron chi connectivity index (χ1n) is 9.79. The molecule has 0 aliphatic carbocycles. The van der Waals surface area contributed by atoms with Crippen LogP contribution in [0, 0.1) is 0 Å². The summed E-state index contributed by atoms with van der Waals surface area (Å²) in [5.74, 6) is 0.607. The third-order valence-corrected chi connectivity index (χ3v) is 5.51. The maximum absolute atomic E-state index is 12.8. The molecule has 0 N–H and O–H groups in total. The molecule has 0 atom stereocenters. The van der Waals surface area contributed by atoms with Crippen molar-refractivity contribution in [3.8, 4) is 0 Å². The van der Waals surface area contributed by atoms with Crippen molar-refractivity contribution in [1.82, 2.24) is 14.7 Å². The van der Waals surface area contributed by atoms with Gasteiger partial charge in [-0.05, 0) is 24.3 Å². The van der Waals surface area contributed by atoms with Crippen LogP contribution < -0.4 is 15.4 Å². The maximum Gasteiger partial charge on any atom is 0.267 e. The van der Waals surface area contributed by atoms with E-state index in [0.29, 0.717) is 37.1 Å². The minimum Gasteiger partial charge on any atom is -0.378 e. The zero-order valence-corrected chi connectivity index (χ0v) is 16.9. The van der Waals surface area contributed by atoms with Gasteiger partial charge in [-0.2, -0.15) is 5.10 Å². The molecule has 1 aromatic heterocycles. The maximum atomic E-state index is 12.8. The Morgan fingerprint density at radius 1 is 1.00 bits per heavy atom. The second-order valence-corrected chi connectivity index (χ2v) is 7.57. The zero-order valence-electron chi connectivity index (χ0n) is 16.2. The topological polar surface area (TPSA) is 70.9 Å². The lowest BCUT2D eigenvalue weighted by Crippen LogP contribution is -2.50. The van der Waals surface area contributed by atoms with Gasteiger partial charge in [0.25, 0.3) is 5.56 Å². The molecule has 9 heteroatoms. The van der Waals surface area contributed by atoms with E-state index in [0.717, 1.165) is 31.9 Å². The van der Waals surface area contributed by atoms with E-state index in [1.54, 1.807) is 11.0 Å². The summed E-state index contributed by atoms with van der Waals surface area (Å²) in [6.45, 7) is 5.33. The highest BCUT2D eigenvalue weighted by Gasteiger charge is 2.22. The van der Waals surface area contributed by atoms with Crippen LogP contribution in [0.5, 0.6) is 0 Å². The number of nitrogens with zero attached hydrogens (tertiary/aromatic N) is 5. The molecule has 2 fully saturated rings. The number of ether oxygens (including phenoxy) is 1. The van der Waals surface area contributed by atoms with Gasteiger partial charge in [0, 0.05) is 56.0 Å². The van der Waals surface area contributed by atoms with E-state index in [4.69, 9.17) is 16.3 Å². The first-order valence-corrected chi connectivity index (χ1v) is 10.2. The number of morpholine rings is 1. The lowest BCUT2D eigenvalue weighted by atomic mass is 10.2. The first-order chi connectivity index (χ1) is 14.1. The Morgan fingerprint density at radius 2 is 1.76 bits per heavy atom. The normalized spacial score (nSPS) is 17.5. The highest BCUT2D eigenvalue weighted by atomic mass is 35.5. The summed E-state index contributed by atoms with van der Waals surface area (Å²) in [5, 5.41) is 5.11. The highest BCUT2D eigenvalue weighted by molar-refractivity contribution is 6.30. The second kappa shape index (κ2) is 8.84. The molecule has 1 amide bonds. The fourth-order valence-electron chi connectivity index (χ4n) is 3.63. The summed E-state index contributed by atoms with van der Waals surface area (Å²) in [7, 11) is 0. The molecular formula is C20H24ClN5O3. The fourth-order valence-corrected chi connectivity index (χ4v) is 3.81. The van der Waals surface area contributed by atoms with E-state index in [-0.39, 0.29) is 18.0 Å². The van der Waals surface area contributed by atoms with Crippen molar-refractivity contribution in [3.05, 3.63) is 51.8 Å². The number of carbonyl (C=O) groups excluding carboxylic acids is 1. The van der Waals surface area contributed by atoms with Crippen LogP contribution in [-0.2, 0) is 16.1 Å². The van der Waals surface area contributed by atoms with Crippen LogP contribution >= 0.6 is 11.6 Å². The highest BCUT2D eigenvalue weighted by Crippen LogP contribution is 2.20. The van der Waals surface area contributed by atoms with E-state index < -0.39 is 0 Å². The lowest BCUT2D eigenvalue weighted by molar-refractivity contribution is -0.132. The second-order valence-electron chi connectivity index (χ2n) is 7.13. The average molecular weight is 418 g/mol. The molecule has 2 aliphatic heterocycles. The molecule has 2 aliphatic rings. The number of piperazine rings is 1. The van der Waals surface area contributed by atoms with Gasteiger partial charge in [0.2, 0.25) is 5.91 Å². The summed E-state index contributed by atoms with van der Waals surface area (Å²) in [4.78, 5) is 31.0. The van der Waals surface area contributed by atoms with Gasteiger partial charge >= 0.3 is 0 Å². The Labute approximate surface area is 174 Å². The van der Waals surface area contributed by atoms with Gasteiger partial charge < -0.3 is 19.4 Å². The predicted molar refractivity (Wildman–Crippen MR) is 112 cm³/mol. The number of carbonyl (C=O) groups is 1. The molecule has 29 heavy (non-hydrogen) atoms. The predicted octanol–water partition coefficient (Wildman–Crippen LogP) is 1.08. The summed E-state index contributed by atoms with van der Waals surface area (Å²) in [5.41, 5.74) is 0.786. The monoisotopic (exact) mass is 417 g/mol. The molecule has 0 saturated carbocycles. The quantitative estimate of drug-likeness (QED) is 0.741. The van der Waals surface area contributed by atoms with Crippen molar-refractivity contribution in [2.24, 2.45) is 0 Å². The zero-order chi connectivity index (χ0) is 20.2. The summed E-state index contributed by atoms with van der Waals surface area (Å²) < 4.78 is 6.62. The molecule has 4 rings (SSSR count). The molecule has 2 aromatic rings. The summed E-state index contributed by atoms with van der Waals surface area (Å²) in [6, 6.07) is 10.9. The molecule has 0 unspecified atom stereocenters. The smallest absolute Gasteiger partial charge is 0.267 e. The van der Waals surface area contributed by atoms with Crippen molar-refractivity contribution in [1.29, 1.82) is 0 Å². The van der Waals surface area contributed by atoms with Gasteiger partial charge in [0.15, 0.2) is 0 Å². The average Bonchev–Trinajstić information content (AvgIpc) is 2.76. The van der Waals surface area contributed by atoms with E-state index in [9.17, 15) is 9.59 Å². The van der Waals surface area contributed by atoms with E-state index in [1.165, 1.54) is 10.7 Å². The van der Waals surface area contributed by atoms with Gasteiger partial charge in [0.05, 0.1) is 13.2 Å². The van der Waals surface area contributed by atoms with Crippen molar-refractivity contribution in [3.63, 3.8) is 0 Å². The van der Waals surface area contributed by atoms with Crippen molar-refractivity contribution < 1.29 is 9.53 Å². The van der Waals surface area contributed by atoms with Crippen LogP contribution in [0.25, 0.3) is 0 Å². The minimum atomic E-state index is -0.270. The Hall–Kier alpha value is -2.58. The Balaban J connectivity index is 1.38. The SMILES string of the molecule is O=C(Cn1nc(N2CCOCC2)ccc1=O)N1CCN(c2cccc(Cl)c2)CC1. The van der Waals surface area contributed by atoms with E-state index in [2.05, 4.69) is 14.9 Å². The van der Waals surface area contributed by atoms with Crippen molar-refractivity contribution >= 4 is 29.0 Å². The van der Waals surface area contributed by atoms with E-state index in [1.807, 2.05) is 24.3 Å². The molecule has 0 bridgehead atoms. The molecule has 1 aromatic carbocycles.